The summed E-state index contributed by atoms with van der Waals surface area (Å²) < 4.78 is 0.906. The van der Waals surface area contributed by atoms with Gasteiger partial charge >= 0.3 is 0 Å². The number of anilines is 1. The number of rotatable bonds is 3. The van der Waals surface area contributed by atoms with Gasteiger partial charge in [0.05, 0.1) is 10.0 Å². The third-order valence-electron chi connectivity index (χ3n) is 2.46. The van der Waals surface area contributed by atoms with Crippen LogP contribution in [0, 0.1) is 0 Å². The first-order valence-electron chi connectivity index (χ1n) is 5.74. The fourth-order valence-electron chi connectivity index (χ4n) is 1.54. The van der Waals surface area contributed by atoms with E-state index in [1.54, 1.807) is 24.3 Å². The van der Waals surface area contributed by atoms with Crippen molar-refractivity contribution in [3.63, 3.8) is 0 Å². The van der Waals surface area contributed by atoms with Crippen molar-refractivity contribution in [2.24, 2.45) is 0 Å². The summed E-state index contributed by atoms with van der Waals surface area (Å²) in [5.41, 5.74) is 1.53. The highest BCUT2D eigenvalue weighted by molar-refractivity contribution is 9.10. The molecule has 0 aliphatic rings. The van der Waals surface area contributed by atoms with Crippen molar-refractivity contribution in [1.29, 1.82) is 0 Å². The lowest BCUT2D eigenvalue weighted by Gasteiger charge is -2.02. The molecule has 5 heteroatoms. The van der Waals surface area contributed by atoms with Gasteiger partial charge in [-0.05, 0) is 42.0 Å². The zero-order valence-corrected chi connectivity index (χ0v) is 13.3. The van der Waals surface area contributed by atoms with E-state index in [1.165, 1.54) is 6.08 Å². The number of carbonyl (C=O) groups excluding carboxylic acids is 1. The molecule has 0 aliphatic heterocycles. The van der Waals surface area contributed by atoms with Crippen molar-refractivity contribution < 1.29 is 4.79 Å². The number of hydrogen-bond donors (Lipinski definition) is 1. The summed E-state index contributed by atoms with van der Waals surface area (Å²) in [5.74, 6) is -0.214. The van der Waals surface area contributed by atoms with E-state index in [-0.39, 0.29) is 5.91 Å². The van der Waals surface area contributed by atoms with Gasteiger partial charge in [-0.3, -0.25) is 4.79 Å². The van der Waals surface area contributed by atoms with Crippen LogP contribution in [0.2, 0.25) is 10.0 Å². The summed E-state index contributed by atoms with van der Waals surface area (Å²) in [6, 6.07) is 12.6. The van der Waals surface area contributed by atoms with Gasteiger partial charge in [-0.1, -0.05) is 51.3 Å². The highest BCUT2D eigenvalue weighted by Gasteiger charge is 2.00. The predicted octanol–water partition coefficient (Wildman–Crippen LogP) is 5.41. The van der Waals surface area contributed by atoms with Crippen LogP contribution in [0.25, 0.3) is 6.08 Å². The van der Waals surface area contributed by atoms with Crippen molar-refractivity contribution in [2.75, 3.05) is 5.32 Å². The summed E-state index contributed by atoms with van der Waals surface area (Å²) in [6.45, 7) is 0. The molecule has 20 heavy (non-hydrogen) atoms. The zero-order chi connectivity index (χ0) is 14.5. The maximum atomic E-state index is 11.8. The monoisotopic (exact) mass is 369 g/mol. The minimum atomic E-state index is -0.214. The van der Waals surface area contributed by atoms with Crippen molar-refractivity contribution in [3.8, 4) is 0 Å². The van der Waals surface area contributed by atoms with Crippen molar-refractivity contribution >= 4 is 56.8 Å². The standard InChI is InChI=1S/C15H10BrCl2NO/c16-11-2-1-3-12(9-11)19-15(20)7-5-10-4-6-13(17)14(18)8-10/h1-9H,(H,19,20). The molecule has 2 nitrogen and oxygen atoms in total. The van der Waals surface area contributed by atoms with Crippen LogP contribution in [0.4, 0.5) is 5.69 Å². The van der Waals surface area contributed by atoms with Crippen molar-refractivity contribution in [3.05, 3.63) is 68.6 Å². The third kappa shape index (κ3) is 4.37. The van der Waals surface area contributed by atoms with Gasteiger partial charge in [0.1, 0.15) is 0 Å². The van der Waals surface area contributed by atoms with Gasteiger partial charge in [-0.2, -0.15) is 0 Å². The molecule has 0 aliphatic carbocycles. The van der Waals surface area contributed by atoms with Crippen LogP contribution in [0.15, 0.2) is 53.0 Å². The Hall–Kier alpha value is -1.29. The Bertz CT molecular complexity index is 671. The number of carbonyl (C=O) groups is 1. The van der Waals surface area contributed by atoms with Crippen LogP contribution in [-0.4, -0.2) is 5.91 Å². The summed E-state index contributed by atoms with van der Waals surface area (Å²) >= 11 is 15.1. The summed E-state index contributed by atoms with van der Waals surface area (Å²) in [4.78, 5) is 11.8. The number of halogens is 3. The second-order valence-electron chi connectivity index (χ2n) is 4.01. The van der Waals surface area contributed by atoms with Crippen LogP contribution in [-0.2, 0) is 4.79 Å². The maximum absolute atomic E-state index is 11.8. The number of nitrogens with one attached hydrogen (secondary N) is 1. The quantitative estimate of drug-likeness (QED) is 0.719. The molecule has 0 unspecified atom stereocenters. The molecule has 0 fully saturated rings. The van der Waals surface area contributed by atoms with E-state index in [1.807, 2.05) is 24.3 Å². The number of amides is 1. The minimum absolute atomic E-state index is 0.214. The normalized spacial score (nSPS) is 10.8. The molecule has 0 saturated heterocycles. The molecular weight excluding hydrogens is 361 g/mol. The minimum Gasteiger partial charge on any atom is -0.322 e. The van der Waals surface area contributed by atoms with Gasteiger partial charge in [0.25, 0.3) is 0 Å². The van der Waals surface area contributed by atoms with Gasteiger partial charge in [0.15, 0.2) is 0 Å². The Labute approximate surface area is 135 Å². The van der Waals surface area contributed by atoms with Crippen LogP contribution in [0.3, 0.4) is 0 Å². The topological polar surface area (TPSA) is 29.1 Å². The highest BCUT2D eigenvalue weighted by atomic mass is 79.9. The third-order valence-corrected chi connectivity index (χ3v) is 3.70. The van der Waals surface area contributed by atoms with E-state index >= 15 is 0 Å². The molecule has 0 spiro atoms. The summed E-state index contributed by atoms with van der Waals surface area (Å²) in [6.07, 6.45) is 3.12. The van der Waals surface area contributed by atoms with E-state index in [2.05, 4.69) is 21.2 Å². The van der Waals surface area contributed by atoms with Crippen LogP contribution in [0.1, 0.15) is 5.56 Å². The van der Waals surface area contributed by atoms with Gasteiger partial charge in [0, 0.05) is 16.2 Å². The van der Waals surface area contributed by atoms with E-state index in [0.29, 0.717) is 10.0 Å². The second kappa shape index (κ2) is 6.93. The Morgan fingerprint density at radius 1 is 1.10 bits per heavy atom. The first kappa shape index (κ1) is 15.1. The molecule has 102 valence electrons. The Kier molecular flexibility index (Phi) is 5.24. The van der Waals surface area contributed by atoms with Crippen molar-refractivity contribution in [1.82, 2.24) is 0 Å². The van der Waals surface area contributed by atoms with E-state index in [9.17, 15) is 4.79 Å². The summed E-state index contributed by atoms with van der Waals surface area (Å²) in [5, 5.41) is 3.71. The molecule has 1 N–H and O–H groups in total. The Morgan fingerprint density at radius 3 is 2.60 bits per heavy atom. The second-order valence-corrected chi connectivity index (χ2v) is 5.74. The lowest BCUT2D eigenvalue weighted by molar-refractivity contribution is -0.111. The van der Waals surface area contributed by atoms with Gasteiger partial charge in [-0.25, -0.2) is 0 Å². The smallest absolute Gasteiger partial charge is 0.248 e. The maximum Gasteiger partial charge on any atom is 0.248 e. The molecule has 0 saturated carbocycles. The molecule has 0 bridgehead atoms. The van der Waals surface area contributed by atoms with Gasteiger partial charge in [-0.15, -0.1) is 0 Å². The van der Waals surface area contributed by atoms with Gasteiger partial charge in [0.2, 0.25) is 5.91 Å². The fraction of sp³-hybridized carbons (Fsp3) is 0. The first-order chi connectivity index (χ1) is 9.54. The van der Waals surface area contributed by atoms with E-state index < -0.39 is 0 Å². The Morgan fingerprint density at radius 2 is 1.90 bits per heavy atom. The molecule has 2 aromatic carbocycles. The van der Waals surface area contributed by atoms with Crippen LogP contribution >= 0.6 is 39.1 Å². The molecular formula is C15H10BrCl2NO. The molecule has 0 radical (unpaired) electrons. The van der Waals surface area contributed by atoms with Gasteiger partial charge < -0.3 is 5.32 Å². The summed E-state index contributed by atoms with van der Waals surface area (Å²) in [7, 11) is 0. The molecule has 0 atom stereocenters. The lowest BCUT2D eigenvalue weighted by atomic mass is 10.2. The van der Waals surface area contributed by atoms with Crippen molar-refractivity contribution in [2.45, 2.75) is 0 Å². The molecule has 0 heterocycles. The lowest BCUT2D eigenvalue weighted by Crippen LogP contribution is -2.07. The van der Waals surface area contributed by atoms with Crippen LogP contribution < -0.4 is 5.32 Å². The average molecular weight is 371 g/mol. The van der Waals surface area contributed by atoms with E-state index in [4.69, 9.17) is 23.2 Å². The Balaban J connectivity index is 2.03. The first-order valence-corrected chi connectivity index (χ1v) is 7.29. The molecule has 1 amide bonds. The molecule has 0 aromatic heterocycles. The number of benzene rings is 2. The predicted molar refractivity (Wildman–Crippen MR) is 88.3 cm³/mol. The van der Waals surface area contributed by atoms with E-state index in [0.717, 1.165) is 15.7 Å². The van der Waals surface area contributed by atoms with Crippen LogP contribution in [0.5, 0.6) is 0 Å². The largest absolute Gasteiger partial charge is 0.322 e. The fourth-order valence-corrected chi connectivity index (χ4v) is 2.24. The highest BCUT2D eigenvalue weighted by Crippen LogP contribution is 2.23. The molecule has 2 rings (SSSR count). The SMILES string of the molecule is O=C(C=Cc1ccc(Cl)c(Cl)c1)Nc1cccc(Br)c1. The number of hydrogen-bond acceptors (Lipinski definition) is 1. The average Bonchev–Trinajstić information content (AvgIpc) is 2.40. The zero-order valence-electron chi connectivity index (χ0n) is 10.2. The molecule has 2 aromatic rings.